The largest absolute Gasteiger partial charge is 0.493 e. The average Bonchev–Trinajstić information content (AvgIpc) is 2.52. The monoisotopic (exact) mass is 366 g/mol. The van der Waals surface area contributed by atoms with E-state index in [1.54, 1.807) is 0 Å². The molecule has 0 radical (unpaired) electrons. The summed E-state index contributed by atoms with van der Waals surface area (Å²) in [5.41, 5.74) is -0.513. The molecule has 1 unspecified atom stereocenters. The Hall–Kier alpha value is -2.09. The third kappa shape index (κ3) is 3.24. The summed E-state index contributed by atoms with van der Waals surface area (Å²) in [6.07, 6.45) is -6.28. The van der Waals surface area contributed by atoms with Gasteiger partial charge in [-0.15, -0.1) is 0 Å². The number of methoxy groups -OCH3 is 2. The highest BCUT2D eigenvalue weighted by atomic mass is 35.5. The number of halogens is 4. The Balaban J connectivity index is 2.64. The third-order valence-corrected chi connectivity index (χ3v) is 3.58. The van der Waals surface area contributed by atoms with Crippen LogP contribution in [0.15, 0.2) is 11.6 Å². The molecule has 1 atom stereocenters. The molecule has 0 spiro atoms. The zero-order valence-corrected chi connectivity index (χ0v) is 13.7. The summed E-state index contributed by atoms with van der Waals surface area (Å²) in [6, 6.07) is 1.37. The van der Waals surface area contributed by atoms with Gasteiger partial charge in [-0.05, 0) is 19.1 Å². The Morgan fingerprint density at radius 3 is 2.50 bits per heavy atom. The molecule has 0 saturated heterocycles. The number of ether oxygens (including phenoxy) is 4. The lowest BCUT2D eigenvalue weighted by Gasteiger charge is -2.29. The van der Waals surface area contributed by atoms with Crippen LogP contribution in [0.2, 0.25) is 5.02 Å². The SMILES string of the molecule is CCOC(=O)C1=Cc2cc(OC)c(OC)c(Cl)c2OC1C(F)(F)F. The van der Waals surface area contributed by atoms with Crippen molar-refractivity contribution in [2.45, 2.75) is 19.2 Å². The summed E-state index contributed by atoms with van der Waals surface area (Å²) >= 11 is 6.07. The van der Waals surface area contributed by atoms with Crippen LogP contribution in [0.25, 0.3) is 6.08 Å². The molecule has 5 nitrogen and oxygen atoms in total. The van der Waals surface area contributed by atoms with Gasteiger partial charge in [-0.2, -0.15) is 13.2 Å². The van der Waals surface area contributed by atoms with Crippen LogP contribution in [0.3, 0.4) is 0 Å². The Kier molecular flexibility index (Phi) is 5.17. The van der Waals surface area contributed by atoms with Gasteiger partial charge in [0, 0.05) is 5.56 Å². The molecule has 2 rings (SSSR count). The van der Waals surface area contributed by atoms with Crippen LogP contribution in [0, 0.1) is 0 Å². The maximum Gasteiger partial charge on any atom is 0.430 e. The standard InChI is InChI=1S/C15H14ClF3O5/c1-4-23-14(20)8-5-7-6-9(21-2)12(22-3)10(16)11(7)24-13(8)15(17,18)19/h5-6,13H,4H2,1-3H3. The van der Waals surface area contributed by atoms with E-state index in [-0.39, 0.29) is 34.4 Å². The number of hydrogen-bond donors (Lipinski definition) is 0. The van der Waals surface area contributed by atoms with Gasteiger partial charge in [-0.25, -0.2) is 4.79 Å². The molecule has 0 aromatic heterocycles. The molecule has 132 valence electrons. The van der Waals surface area contributed by atoms with E-state index in [4.69, 9.17) is 25.8 Å². The summed E-state index contributed by atoms with van der Waals surface area (Å²) in [7, 11) is 2.64. The van der Waals surface area contributed by atoms with E-state index in [0.717, 1.165) is 6.08 Å². The predicted octanol–water partition coefficient (Wildman–Crippen LogP) is 3.63. The van der Waals surface area contributed by atoms with Gasteiger partial charge in [0.25, 0.3) is 0 Å². The molecular weight excluding hydrogens is 353 g/mol. The molecule has 1 aliphatic heterocycles. The van der Waals surface area contributed by atoms with Crippen molar-refractivity contribution in [3.8, 4) is 17.2 Å². The molecule has 0 aliphatic carbocycles. The third-order valence-electron chi connectivity index (χ3n) is 3.23. The van der Waals surface area contributed by atoms with E-state index >= 15 is 0 Å². The molecule has 9 heteroatoms. The van der Waals surface area contributed by atoms with Crippen molar-refractivity contribution in [2.24, 2.45) is 0 Å². The van der Waals surface area contributed by atoms with Crippen molar-refractivity contribution < 1.29 is 36.9 Å². The number of fused-ring (bicyclic) bond motifs is 1. The summed E-state index contributed by atoms with van der Waals surface area (Å²) in [5, 5.41) is -0.180. The Bertz CT molecular complexity index is 685. The summed E-state index contributed by atoms with van der Waals surface area (Å²) in [5.74, 6) is -1.14. The van der Waals surface area contributed by atoms with Gasteiger partial charge in [0.1, 0.15) is 5.02 Å². The quantitative estimate of drug-likeness (QED) is 0.762. The minimum Gasteiger partial charge on any atom is -0.493 e. The number of benzene rings is 1. The molecular formula is C15H14ClF3O5. The molecule has 0 N–H and O–H groups in total. The van der Waals surface area contributed by atoms with E-state index in [1.165, 1.54) is 27.2 Å². The highest BCUT2D eigenvalue weighted by Crippen LogP contribution is 2.48. The van der Waals surface area contributed by atoms with Crippen molar-refractivity contribution >= 4 is 23.6 Å². The van der Waals surface area contributed by atoms with E-state index in [0.29, 0.717) is 0 Å². The lowest BCUT2D eigenvalue weighted by Crippen LogP contribution is -2.40. The molecule has 0 saturated carbocycles. The van der Waals surface area contributed by atoms with Crippen LogP contribution in [0.4, 0.5) is 13.2 Å². The Morgan fingerprint density at radius 2 is 2.00 bits per heavy atom. The van der Waals surface area contributed by atoms with Crippen molar-refractivity contribution in [2.75, 3.05) is 20.8 Å². The molecule has 0 bridgehead atoms. The van der Waals surface area contributed by atoms with Gasteiger partial charge < -0.3 is 18.9 Å². The molecule has 24 heavy (non-hydrogen) atoms. The molecule has 0 amide bonds. The number of carbonyl (C=O) groups is 1. The lowest BCUT2D eigenvalue weighted by molar-refractivity contribution is -0.187. The minimum atomic E-state index is -4.83. The molecule has 1 aromatic carbocycles. The van der Waals surface area contributed by atoms with Crippen molar-refractivity contribution in [3.63, 3.8) is 0 Å². The summed E-state index contributed by atoms with van der Waals surface area (Å²) in [6.45, 7) is 1.42. The first-order valence-electron chi connectivity index (χ1n) is 6.81. The van der Waals surface area contributed by atoms with Crippen LogP contribution in [0.1, 0.15) is 12.5 Å². The van der Waals surface area contributed by atoms with Gasteiger partial charge in [0.05, 0.1) is 26.4 Å². The fourth-order valence-electron chi connectivity index (χ4n) is 2.23. The predicted molar refractivity (Wildman–Crippen MR) is 79.6 cm³/mol. The topological polar surface area (TPSA) is 54.0 Å². The molecule has 1 aliphatic rings. The van der Waals surface area contributed by atoms with Crippen LogP contribution in [-0.2, 0) is 9.53 Å². The number of rotatable bonds is 4. The van der Waals surface area contributed by atoms with Crippen molar-refractivity contribution in [1.82, 2.24) is 0 Å². The molecule has 1 heterocycles. The zero-order chi connectivity index (χ0) is 18.1. The van der Waals surface area contributed by atoms with Crippen molar-refractivity contribution in [3.05, 3.63) is 22.2 Å². The van der Waals surface area contributed by atoms with Gasteiger partial charge in [0.15, 0.2) is 17.2 Å². The number of hydrogen-bond acceptors (Lipinski definition) is 5. The van der Waals surface area contributed by atoms with E-state index in [9.17, 15) is 18.0 Å². The van der Waals surface area contributed by atoms with Gasteiger partial charge in [0.2, 0.25) is 6.10 Å². The maximum atomic E-state index is 13.3. The smallest absolute Gasteiger partial charge is 0.430 e. The van der Waals surface area contributed by atoms with Gasteiger partial charge in [-0.3, -0.25) is 0 Å². The summed E-state index contributed by atoms with van der Waals surface area (Å²) in [4.78, 5) is 11.9. The second-order valence-electron chi connectivity index (χ2n) is 4.70. The molecule has 0 fully saturated rings. The Labute approximate surface area is 140 Å². The van der Waals surface area contributed by atoms with Crippen LogP contribution in [-0.4, -0.2) is 39.1 Å². The van der Waals surface area contributed by atoms with Crippen molar-refractivity contribution in [1.29, 1.82) is 0 Å². The molecule has 1 aromatic rings. The number of alkyl halides is 3. The summed E-state index contributed by atoms with van der Waals surface area (Å²) < 4.78 is 59.6. The van der Waals surface area contributed by atoms with Crippen LogP contribution in [0.5, 0.6) is 17.2 Å². The number of esters is 1. The number of carbonyl (C=O) groups excluding carboxylic acids is 1. The second-order valence-corrected chi connectivity index (χ2v) is 5.08. The van der Waals surface area contributed by atoms with Gasteiger partial charge >= 0.3 is 12.1 Å². The Morgan fingerprint density at radius 1 is 1.33 bits per heavy atom. The fraction of sp³-hybridized carbons (Fsp3) is 0.400. The van der Waals surface area contributed by atoms with Crippen LogP contribution >= 0.6 is 11.6 Å². The normalized spacial score (nSPS) is 16.6. The van der Waals surface area contributed by atoms with E-state index in [2.05, 4.69) is 4.74 Å². The lowest BCUT2D eigenvalue weighted by atomic mass is 10.0. The fourth-order valence-corrected chi connectivity index (χ4v) is 2.55. The maximum absolute atomic E-state index is 13.3. The highest BCUT2D eigenvalue weighted by Gasteiger charge is 2.49. The first kappa shape index (κ1) is 18.3. The zero-order valence-electron chi connectivity index (χ0n) is 13.0. The van der Waals surface area contributed by atoms with E-state index in [1.807, 2.05) is 0 Å². The van der Waals surface area contributed by atoms with Gasteiger partial charge in [-0.1, -0.05) is 11.6 Å². The first-order chi connectivity index (χ1) is 11.2. The first-order valence-corrected chi connectivity index (χ1v) is 7.18. The van der Waals surface area contributed by atoms with E-state index < -0.39 is 23.8 Å². The minimum absolute atomic E-state index is 0.0341. The van der Waals surface area contributed by atoms with Crippen LogP contribution < -0.4 is 14.2 Å². The highest BCUT2D eigenvalue weighted by molar-refractivity contribution is 6.34. The second kappa shape index (κ2) is 6.80. The average molecular weight is 367 g/mol.